The van der Waals surface area contributed by atoms with Crippen molar-refractivity contribution in [2.45, 2.75) is 45.3 Å². The van der Waals surface area contributed by atoms with Gasteiger partial charge in [0.2, 0.25) is 5.91 Å². The molecule has 1 N–H and O–H groups in total. The summed E-state index contributed by atoms with van der Waals surface area (Å²) in [5, 5.41) is 11.7. The van der Waals surface area contributed by atoms with Crippen molar-refractivity contribution in [3.8, 4) is 6.07 Å². The molecular weight excluding hydrogens is 483 g/mol. The average molecular weight is 505 g/mol. The number of likely N-dealkylation sites (tertiary alicyclic amines) is 1. The molecule has 1 aliphatic heterocycles. The molecule has 0 spiro atoms. The van der Waals surface area contributed by atoms with Crippen molar-refractivity contribution in [1.29, 1.82) is 5.26 Å². The Hall–Kier alpha value is -1.96. The van der Waals surface area contributed by atoms with Crippen LogP contribution < -0.4 is 5.32 Å². The lowest BCUT2D eigenvalue weighted by Crippen LogP contribution is -2.68. The summed E-state index contributed by atoms with van der Waals surface area (Å²) in [5.41, 5.74) is -1.98. The van der Waals surface area contributed by atoms with Gasteiger partial charge < -0.3 is 15.0 Å². The zero-order valence-electron chi connectivity index (χ0n) is 15.8. The van der Waals surface area contributed by atoms with Gasteiger partial charge in [-0.2, -0.15) is 5.26 Å². The Morgan fingerprint density at radius 2 is 1.89 bits per heavy atom. The molecule has 0 aromatic heterocycles. The Labute approximate surface area is 176 Å². The molecule has 1 fully saturated rings. The zero-order chi connectivity index (χ0) is 21.1. The molecule has 2 amide bonds. The van der Waals surface area contributed by atoms with Gasteiger partial charge in [0.05, 0.1) is 6.07 Å². The fourth-order valence-electron chi connectivity index (χ4n) is 2.76. The number of hydrogen-bond donors (Lipinski definition) is 1. The molecule has 1 heterocycles. The number of alkyl halides is 2. The largest absolute Gasteiger partial charge is 0.444 e. The first kappa shape index (κ1) is 22.3. The Morgan fingerprint density at radius 1 is 1.32 bits per heavy atom. The summed E-state index contributed by atoms with van der Waals surface area (Å²) < 4.78 is 33.5. The normalized spacial score (nSPS) is 16.7. The molecule has 2 rings (SSSR count). The number of benzene rings is 1. The Morgan fingerprint density at radius 3 is 2.36 bits per heavy atom. The Balaban J connectivity index is 2.02. The first-order valence-corrected chi connectivity index (χ1v) is 9.76. The van der Waals surface area contributed by atoms with Gasteiger partial charge in [-0.1, -0.05) is 12.1 Å². The van der Waals surface area contributed by atoms with Crippen LogP contribution in [0.5, 0.6) is 0 Å². The second kappa shape index (κ2) is 8.59. The molecule has 28 heavy (non-hydrogen) atoms. The minimum absolute atomic E-state index is 0.203. The van der Waals surface area contributed by atoms with Crippen molar-refractivity contribution in [1.82, 2.24) is 10.2 Å². The molecule has 1 aliphatic rings. The predicted molar refractivity (Wildman–Crippen MR) is 107 cm³/mol. The van der Waals surface area contributed by atoms with E-state index in [4.69, 9.17) is 4.74 Å². The van der Waals surface area contributed by atoms with Gasteiger partial charge in [0.25, 0.3) is 6.43 Å². The number of amides is 2. The lowest BCUT2D eigenvalue weighted by atomic mass is 9.79. The van der Waals surface area contributed by atoms with Crippen molar-refractivity contribution in [2.24, 2.45) is 5.41 Å². The van der Waals surface area contributed by atoms with E-state index in [0.29, 0.717) is 0 Å². The molecule has 1 aromatic carbocycles. The molecule has 0 radical (unpaired) electrons. The number of nitrogens with one attached hydrogen (secondary N) is 1. The van der Waals surface area contributed by atoms with Crippen LogP contribution in [0.3, 0.4) is 0 Å². The van der Waals surface area contributed by atoms with E-state index in [9.17, 15) is 23.6 Å². The minimum atomic E-state index is -2.97. The molecule has 152 valence electrons. The second-order valence-corrected chi connectivity index (χ2v) is 9.02. The van der Waals surface area contributed by atoms with Gasteiger partial charge in [-0.05, 0) is 61.1 Å². The maximum Gasteiger partial charge on any atom is 0.410 e. The van der Waals surface area contributed by atoms with Crippen molar-refractivity contribution in [3.63, 3.8) is 0 Å². The highest BCUT2D eigenvalue weighted by atomic mass is 127. The lowest BCUT2D eigenvalue weighted by Gasteiger charge is -2.47. The van der Waals surface area contributed by atoms with Crippen LogP contribution in [0.2, 0.25) is 0 Å². The van der Waals surface area contributed by atoms with Crippen LogP contribution in [0, 0.1) is 20.3 Å². The van der Waals surface area contributed by atoms with Gasteiger partial charge >= 0.3 is 6.09 Å². The maximum atomic E-state index is 13.7. The average Bonchev–Trinajstić information content (AvgIpc) is 2.53. The fraction of sp³-hybridized carbons (Fsp3) is 0.526. The SMILES string of the molecule is CC(C)(C)OC(=O)N1CC(C(=O)N[C@H](C#N)Cc2ccc(I)cc2)(C(F)F)C1. The number of nitrogens with zero attached hydrogens (tertiary/aromatic N) is 2. The van der Waals surface area contributed by atoms with E-state index in [2.05, 4.69) is 27.9 Å². The molecule has 0 saturated carbocycles. The highest BCUT2D eigenvalue weighted by molar-refractivity contribution is 14.1. The van der Waals surface area contributed by atoms with Crippen LogP contribution in [0.15, 0.2) is 24.3 Å². The first-order valence-electron chi connectivity index (χ1n) is 8.68. The van der Waals surface area contributed by atoms with Gasteiger partial charge in [-0.25, -0.2) is 13.6 Å². The fourth-order valence-corrected chi connectivity index (χ4v) is 3.12. The molecule has 6 nitrogen and oxygen atoms in total. The number of hydrogen-bond acceptors (Lipinski definition) is 4. The van der Waals surface area contributed by atoms with Gasteiger partial charge in [-0.3, -0.25) is 4.79 Å². The highest BCUT2D eigenvalue weighted by Gasteiger charge is 2.58. The third kappa shape index (κ3) is 5.31. The second-order valence-electron chi connectivity index (χ2n) is 7.78. The van der Waals surface area contributed by atoms with Crippen LogP contribution in [0.1, 0.15) is 26.3 Å². The molecular formula is C19H22F2IN3O3. The summed E-state index contributed by atoms with van der Waals surface area (Å²) in [6, 6.07) is 8.34. The minimum Gasteiger partial charge on any atom is -0.444 e. The van der Waals surface area contributed by atoms with Crippen LogP contribution in [0.4, 0.5) is 13.6 Å². The van der Waals surface area contributed by atoms with E-state index >= 15 is 0 Å². The summed E-state index contributed by atoms with van der Waals surface area (Å²) >= 11 is 2.14. The standard InChI is InChI=1S/C19H22F2IN3O3/c1-18(2,3)28-17(27)25-10-19(11-25,15(20)21)16(26)24-14(9-23)8-12-4-6-13(22)7-5-12/h4-7,14-15H,8,10-11H2,1-3H3,(H,24,26)/t14-/m0/s1. The van der Waals surface area contributed by atoms with E-state index in [1.807, 2.05) is 30.3 Å². The van der Waals surface area contributed by atoms with E-state index in [1.165, 1.54) is 0 Å². The van der Waals surface area contributed by atoms with Crippen LogP contribution in [-0.2, 0) is 16.0 Å². The summed E-state index contributed by atoms with van der Waals surface area (Å²) in [7, 11) is 0. The van der Waals surface area contributed by atoms with Gasteiger partial charge in [0, 0.05) is 23.1 Å². The number of halogens is 3. The maximum absolute atomic E-state index is 13.7. The van der Waals surface area contributed by atoms with Crippen molar-refractivity contribution >= 4 is 34.6 Å². The van der Waals surface area contributed by atoms with E-state index in [0.717, 1.165) is 14.0 Å². The predicted octanol–water partition coefficient (Wildman–Crippen LogP) is 3.34. The molecule has 9 heteroatoms. The number of carbonyl (C=O) groups excluding carboxylic acids is 2. The smallest absolute Gasteiger partial charge is 0.410 e. The summed E-state index contributed by atoms with van der Waals surface area (Å²) in [6.45, 7) is 4.10. The monoisotopic (exact) mass is 505 g/mol. The molecule has 0 unspecified atom stereocenters. The Kier molecular flexibility index (Phi) is 6.85. The topological polar surface area (TPSA) is 82.4 Å². The van der Waals surface area contributed by atoms with E-state index < -0.39 is 48.6 Å². The van der Waals surface area contributed by atoms with E-state index in [1.54, 1.807) is 20.8 Å². The summed E-state index contributed by atoms with van der Waals surface area (Å²) in [6.07, 6.45) is -3.51. The number of ether oxygens (including phenoxy) is 1. The van der Waals surface area contributed by atoms with Crippen molar-refractivity contribution in [2.75, 3.05) is 13.1 Å². The third-order valence-electron chi connectivity index (χ3n) is 4.28. The number of nitriles is 1. The number of rotatable bonds is 5. The van der Waals surface area contributed by atoms with Crippen LogP contribution in [0.25, 0.3) is 0 Å². The molecule has 0 bridgehead atoms. The quantitative estimate of drug-likeness (QED) is 0.623. The molecule has 1 saturated heterocycles. The summed E-state index contributed by atoms with van der Waals surface area (Å²) in [5.74, 6) is -0.931. The Bertz CT molecular complexity index is 766. The van der Waals surface area contributed by atoms with Gasteiger partial charge in [-0.15, -0.1) is 0 Å². The zero-order valence-corrected chi connectivity index (χ0v) is 18.0. The first-order chi connectivity index (χ1) is 13.0. The summed E-state index contributed by atoms with van der Waals surface area (Å²) in [4.78, 5) is 25.6. The van der Waals surface area contributed by atoms with Crippen molar-refractivity contribution < 1.29 is 23.1 Å². The number of carbonyl (C=O) groups is 2. The lowest BCUT2D eigenvalue weighted by molar-refractivity contribution is -0.160. The highest BCUT2D eigenvalue weighted by Crippen LogP contribution is 2.38. The third-order valence-corrected chi connectivity index (χ3v) is 5.00. The van der Waals surface area contributed by atoms with Crippen molar-refractivity contribution in [3.05, 3.63) is 33.4 Å². The van der Waals surface area contributed by atoms with Crippen LogP contribution >= 0.6 is 22.6 Å². The van der Waals surface area contributed by atoms with Gasteiger partial charge in [0.1, 0.15) is 17.1 Å². The van der Waals surface area contributed by atoms with E-state index in [-0.39, 0.29) is 6.42 Å². The van der Waals surface area contributed by atoms with Gasteiger partial charge in [0.15, 0.2) is 0 Å². The molecule has 1 aromatic rings. The molecule has 0 aliphatic carbocycles. The van der Waals surface area contributed by atoms with Crippen LogP contribution in [-0.4, -0.2) is 48.1 Å². The molecule has 1 atom stereocenters.